The van der Waals surface area contributed by atoms with Crippen molar-refractivity contribution in [2.75, 3.05) is 0 Å². The fraction of sp³-hybridized carbons (Fsp3) is 0. The molecule has 0 spiro atoms. The van der Waals surface area contributed by atoms with Gasteiger partial charge in [0.05, 0.1) is 11.0 Å². The van der Waals surface area contributed by atoms with E-state index in [1.165, 1.54) is 81.0 Å². The van der Waals surface area contributed by atoms with Gasteiger partial charge in [-0.15, -0.1) is 11.3 Å². The monoisotopic (exact) mass is 577 g/mol. The van der Waals surface area contributed by atoms with E-state index in [-0.39, 0.29) is 0 Å². The first-order valence-electron chi connectivity index (χ1n) is 15.0. The van der Waals surface area contributed by atoms with Gasteiger partial charge in [-0.2, -0.15) is 0 Å². The molecule has 1 nitrogen and oxygen atoms in total. The smallest absolute Gasteiger partial charge is 0.0548 e. The Bertz CT molecular complexity index is 2410. The molecule has 7 aromatic carbocycles. The Labute approximate surface area is 259 Å². The van der Waals surface area contributed by atoms with Crippen molar-refractivity contribution in [1.82, 2.24) is 4.57 Å². The Balaban J connectivity index is 1.21. The van der Waals surface area contributed by atoms with Crippen molar-refractivity contribution in [1.29, 1.82) is 0 Å². The van der Waals surface area contributed by atoms with Crippen LogP contribution in [-0.4, -0.2) is 4.57 Å². The predicted octanol–water partition coefficient (Wildman–Crippen LogP) is 12.2. The molecule has 0 aliphatic rings. The Morgan fingerprint density at radius 1 is 0.318 bits per heavy atom. The van der Waals surface area contributed by atoms with E-state index in [0.29, 0.717) is 0 Å². The van der Waals surface area contributed by atoms with E-state index < -0.39 is 0 Å². The van der Waals surface area contributed by atoms with Crippen LogP contribution in [0, 0.1) is 0 Å². The molecule has 0 unspecified atom stereocenters. The number of fused-ring (bicyclic) bond motifs is 6. The van der Waals surface area contributed by atoms with Crippen LogP contribution in [0.1, 0.15) is 0 Å². The molecule has 0 atom stereocenters. The lowest BCUT2D eigenvalue weighted by Gasteiger charge is -2.13. The van der Waals surface area contributed by atoms with Crippen LogP contribution < -0.4 is 0 Å². The molecule has 44 heavy (non-hydrogen) atoms. The van der Waals surface area contributed by atoms with Crippen LogP contribution >= 0.6 is 11.3 Å². The number of para-hydroxylation sites is 1. The van der Waals surface area contributed by atoms with Crippen molar-refractivity contribution in [3.8, 4) is 39.1 Å². The van der Waals surface area contributed by atoms with Gasteiger partial charge in [-0.1, -0.05) is 109 Å². The highest BCUT2D eigenvalue weighted by molar-refractivity contribution is 7.25. The average Bonchev–Trinajstić information content (AvgIpc) is 3.63. The van der Waals surface area contributed by atoms with E-state index in [9.17, 15) is 0 Å². The van der Waals surface area contributed by atoms with Crippen LogP contribution in [0.15, 0.2) is 164 Å². The van der Waals surface area contributed by atoms with Gasteiger partial charge in [0.2, 0.25) is 0 Å². The van der Waals surface area contributed by atoms with Gasteiger partial charge in [0.25, 0.3) is 0 Å². The van der Waals surface area contributed by atoms with E-state index in [0.717, 1.165) is 0 Å². The molecule has 206 valence electrons. The zero-order valence-corrected chi connectivity index (χ0v) is 24.8. The van der Waals surface area contributed by atoms with Crippen molar-refractivity contribution in [3.05, 3.63) is 164 Å². The number of aromatic nitrogens is 1. The molecule has 0 radical (unpaired) electrons. The summed E-state index contributed by atoms with van der Waals surface area (Å²) in [6, 6.07) is 59.7. The minimum Gasteiger partial charge on any atom is -0.309 e. The zero-order valence-electron chi connectivity index (χ0n) is 23.9. The van der Waals surface area contributed by atoms with E-state index in [4.69, 9.17) is 0 Å². The minimum atomic E-state index is 1.17. The number of nitrogens with zero attached hydrogens (tertiary/aromatic N) is 1. The molecule has 2 heterocycles. The standard InChI is InChI=1S/C42H27NS/c1-3-11-28(12-4-1)31-23-32(29-13-5-2-6-14-29)25-33(24-31)30-19-21-34(22-20-30)43-39-17-9-7-15-35(39)37-27-42-38(26-40(37)43)36-16-8-10-18-41(36)44-42/h1-27H. The summed E-state index contributed by atoms with van der Waals surface area (Å²) in [5.74, 6) is 0. The van der Waals surface area contributed by atoms with Crippen molar-refractivity contribution < 1.29 is 0 Å². The van der Waals surface area contributed by atoms with Gasteiger partial charge in [0.1, 0.15) is 0 Å². The summed E-state index contributed by atoms with van der Waals surface area (Å²) in [7, 11) is 0. The molecule has 9 aromatic rings. The highest BCUT2D eigenvalue weighted by atomic mass is 32.1. The third-order valence-corrected chi connectivity index (χ3v) is 9.91. The highest BCUT2D eigenvalue weighted by Gasteiger charge is 2.16. The number of benzene rings is 7. The molecule has 0 saturated carbocycles. The number of rotatable bonds is 4. The average molecular weight is 578 g/mol. The Kier molecular flexibility index (Phi) is 5.75. The van der Waals surface area contributed by atoms with Gasteiger partial charge >= 0.3 is 0 Å². The maximum atomic E-state index is 2.43. The molecule has 2 heteroatoms. The molecule has 0 N–H and O–H groups in total. The Morgan fingerprint density at radius 3 is 1.52 bits per heavy atom. The lowest BCUT2D eigenvalue weighted by atomic mass is 9.93. The lowest BCUT2D eigenvalue weighted by Crippen LogP contribution is -1.94. The van der Waals surface area contributed by atoms with E-state index in [1.807, 2.05) is 11.3 Å². The summed E-state index contributed by atoms with van der Waals surface area (Å²) >= 11 is 1.88. The van der Waals surface area contributed by atoms with Crippen molar-refractivity contribution >= 4 is 53.3 Å². The van der Waals surface area contributed by atoms with Crippen LogP contribution in [0.5, 0.6) is 0 Å². The normalized spacial score (nSPS) is 11.6. The molecular weight excluding hydrogens is 551 g/mol. The second-order valence-corrected chi connectivity index (χ2v) is 12.5. The van der Waals surface area contributed by atoms with Gasteiger partial charge in [-0.05, 0) is 88.0 Å². The van der Waals surface area contributed by atoms with E-state index in [2.05, 4.69) is 168 Å². The highest BCUT2D eigenvalue weighted by Crippen LogP contribution is 2.41. The van der Waals surface area contributed by atoms with Gasteiger partial charge in [-0.3, -0.25) is 0 Å². The minimum absolute atomic E-state index is 1.17. The maximum absolute atomic E-state index is 2.43. The summed E-state index contributed by atoms with van der Waals surface area (Å²) in [5, 5.41) is 5.24. The summed E-state index contributed by atoms with van der Waals surface area (Å²) in [4.78, 5) is 0. The molecule has 0 bridgehead atoms. The quantitative estimate of drug-likeness (QED) is 0.196. The fourth-order valence-electron chi connectivity index (χ4n) is 6.66. The summed E-state index contributed by atoms with van der Waals surface area (Å²) in [6.07, 6.45) is 0. The summed E-state index contributed by atoms with van der Waals surface area (Å²) in [6.45, 7) is 0. The Hall–Kier alpha value is -5.44. The molecule has 0 amide bonds. The van der Waals surface area contributed by atoms with Gasteiger partial charge < -0.3 is 4.57 Å². The van der Waals surface area contributed by atoms with Gasteiger partial charge in [0, 0.05) is 36.6 Å². The molecular formula is C42H27NS. The number of hydrogen-bond acceptors (Lipinski definition) is 1. The molecule has 2 aromatic heterocycles. The van der Waals surface area contributed by atoms with Crippen molar-refractivity contribution in [2.24, 2.45) is 0 Å². The first-order valence-corrected chi connectivity index (χ1v) is 15.8. The largest absolute Gasteiger partial charge is 0.309 e. The topological polar surface area (TPSA) is 4.93 Å². The maximum Gasteiger partial charge on any atom is 0.0548 e. The molecule has 0 aliphatic carbocycles. The molecule has 0 aliphatic heterocycles. The van der Waals surface area contributed by atoms with Gasteiger partial charge in [0.15, 0.2) is 0 Å². The SMILES string of the molecule is c1ccc(-c2cc(-c3ccccc3)cc(-c3ccc(-n4c5ccccc5c5cc6sc7ccccc7c6cc54)cc3)c2)cc1. The number of thiophene rings is 1. The number of hydrogen-bond donors (Lipinski definition) is 0. The molecule has 0 saturated heterocycles. The van der Waals surface area contributed by atoms with E-state index >= 15 is 0 Å². The zero-order chi connectivity index (χ0) is 29.0. The van der Waals surface area contributed by atoms with Crippen LogP contribution in [0.4, 0.5) is 0 Å². The predicted molar refractivity (Wildman–Crippen MR) is 190 cm³/mol. The fourth-order valence-corrected chi connectivity index (χ4v) is 7.78. The van der Waals surface area contributed by atoms with Crippen molar-refractivity contribution in [2.45, 2.75) is 0 Å². The summed E-state index contributed by atoms with van der Waals surface area (Å²) < 4.78 is 5.10. The second-order valence-electron chi connectivity index (χ2n) is 11.4. The third-order valence-electron chi connectivity index (χ3n) is 8.78. The van der Waals surface area contributed by atoms with Crippen LogP contribution in [0.2, 0.25) is 0 Å². The van der Waals surface area contributed by atoms with Crippen LogP contribution in [-0.2, 0) is 0 Å². The van der Waals surface area contributed by atoms with Crippen LogP contribution in [0.25, 0.3) is 81.0 Å². The Morgan fingerprint density at radius 2 is 0.864 bits per heavy atom. The second kappa shape index (κ2) is 10.1. The third kappa shape index (κ3) is 4.07. The van der Waals surface area contributed by atoms with E-state index in [1.54, 1.807) is 0 Å². The van der Waals surface area contributed by atoms with Crippen LogP contribution in [0.3, 0.4) is 0 Å². The van der Waals surface area contributed by atoms with Crippen molar-refractivity contribution in [3.63, 3.8) is 0 Å². The first-order chi connectivity index (χ1) is 21.8. The lowest BCUT2D eigenvalue weighted by molar-refractivity contribution is 1.18. The van der Waals surface area contributed by atoms with Gasteiger partial charge in [-0.25, -0.2) is 0 Å². The molecule has 0 fully saturated rings. The molecule has 9 rings (SSSR count). The first kappa shape index (κ1) is 25.1. The summed E-state index contributed by atoms with van der Waals surface area (Å²) in [5.41, 5.74) is 11.0.